The SMILES string of the molecule is COC(=O)CC1(C(C)N)CCC(C)CC1. The van der Waals surface area contributed by atoms with Gasteiger partial charge in [0.2, 0.25) is 0 Å². The van der Waals surface area contributed by atoms with Gasteiger partial charge < -0.3 is 10.5 Å². The van der Waals surface area contributed by atoms with Crippen molar-refractivity contribution in [3.8, 4) is 0 Å². The summed E-state index contributed by atoms with van der Waals surface area (Å²) in [5.41, 5.74) is 6.03. The highest BCUT2D eigenvalue weighted by Crippen LogP contribution is 2.43. The molecule has 0 spiro atoms. The van der Waals surface area contributed by atoms with Gasteiger partial charge in [0.25, 0.3) is 0 Å². The lowest BCUT2D eigenvalue weighted by molar-refractivity contribution is -0.144. The lowest BCUT2D eigenvalue weighted by atomic mass is 9.65. The van der Waals surface area contributed by atoms with E-state index in [0.29, 0.717) is 6.42 Å². The van der Waals surface area contributed by atoms with Gasteiger partial charge in [0.05, 0.1) is 13.5 Å². The van der Waals surface area contributed by atoms with Crippen molar-refractivity contribution in [3.63, 3.8) is 0 Å². The first-order valence-corrected chi connectivity index (χ1v) is 5.82. The number of nitrogens with two attached hydrogens (primary N) is 1. The van der Waals surface area contributed by atoms with Gasteiger partial charge in [0, 0.05) is 6.04 Å². The molecule has 15 heavy (non-hydrogen) atoms. The van der Waals surface area contributed by atoms with E-state index < -0.39 is 0 Å². The number of ether oxygens (including phenoxy) is 1. The molecule has 3 heteroatoms. The van der Waals surface area contributed by atoms with Crippen molar-refractivity contribution >= 4 is 5.97 Å². The van der Waals surface area contributed by atoms with Crippen LogP contribution in [0.1, 0.15) is 46.0 Å². The van der Waals surface area contributed by atoms with E-state index in [9.17, 15) is 4.79 Å². The van der Waals surface area contributed by atoms with Crippen molar-refractivity contribution in [1.29, 1.82) is 0 Å². The standard InChI is InChI=1S/C12H23NO2/c1-9-4-6-12(7-5-9,10(2)13)8-11(14)15-3/h9-10H,4-8,13H2,1-3H3. The van der Waals surface area contributed by atoms with Gasteiger partial charge in [-0.2, -0.15) is 0 Å². The average molecular weight is 213 g/mol. The van der Waals surface area contributed by atoms with Gasteiger partial charge >= 0.3 is 5.97 Å². The monoisotopic (exact) mass is 213 g/mol. The van der Waals surface area contributed by atoms with Crippen molar-refractivity contribution in [3.05, 3.63) is 0 Å². The molecule has 1 saturated carbocycles. The van der Waals surface area contributed by atoms with E-state index >= 15 is 0 Å². The van der Waals surface area contributed by atoms with Crippen molar-refractivity contribution in [2.45, 2.75) is 52.0 Å². The molecule has 0 aliphatic heterocycles. The second-order valence-corrected chi connectivity index (χ2v) is 5.09. The highest BCUT2D eigenvalue weighted by Gasteiger charge is 2.39. The Labute approximate surface area is 92.4 Å². The normalized spacial score (nSPS) is 33.5. The summed E-state index contributed by atoms with van der Waals surface area (Å²) in [5, 5.41) is 0. The topological polar surface area (TPSA) is 52.3 Å². The molecule has 0 radical (unpaired) electrons. The zero-order valence-corrected chi connectivity index (χ0v) is 10.1. The first kappa shape index (κ1) is 12.5. The zero-order valence-electron chi connectivity index (χ0n) is 10.1. The van der Waals surface area contributed by atoms with Gasteiger partial charge in [-0.25, -0.2) is 0 Å². The summed E-state index contributed by atoms with van der Waals surface area (Å²) in [7, 11) is 1.45. The van der Waals surface area contributed by atoms with Crippen LogP contribution in [0.4, 0.5) is 0 Å². The molecule has 1 rings (SSSR count). The molecular formula is C12H23NO2. The second-order valence-electron chi connectivity index (χ2n) is 5.09. The Morgan fingerprint density at radius 2 is 2.07 bits per heavy atom. The molecule has 1 fully saturated rings. The Kier molecular flexibility index (Phi) is 4.14. The second kappa shape index (κ2) is 4.97. The van der Waals surface area contributed by atoms with Crippen LogP contribution in [0.5, 0.6) is 0 Å². The minimum Gasteiger partial charge on any atom is -0.469 e. The number of rotatable bonds is 3. The summed E-state index contributed by atoms with van der Waals surface area (Å²) in [6, 6.07) is 0.0732. The van der Waals surface area contributed by atoms with E-state index in [2.05, 4.69) is 6.92 Å². The van der Waals surface area contributed by atoms with Crippen LogP contribution in [-0.2, 0) is 9.53 Å². The summed E-state index contributed by atoms with van der Waals surface area (Å²) in [6.07, 6.45) is 4.95. The molecule has 0 saturated heterocycles. The van der Waals surface area contributed by atoms with Crippen LogP contribution in [0.3, 0.4) is 0 Å². The van der Waals surface area contributed by atoms with Crippen LogP contribution in [0.2, 0.25) is 0 Å². The van der Waals surface area contributed by atoms with Crippen LogP contribution in [0, 0.1) is 11.3 Å². The third-order valence-corrected chi connectivity index (χ3v) is 3.96. The maximum absolute atomic E-state index is 11.4. The van der Waals surface area contributed by atoms with Crippen LogP contribution in [-0.4, -0.2) is 19.1 Å². The first-order chi connectivity index (χ1) is 7.00. The number of hydrogen-bond acceptors (Lipinski definition) is 3. The van der Waals surface area contributed by atoms with Crippen molar-refractivity contribution in [2.24, 2.45) is 17.1 Å². The molecule has 0 aromatic heterocycles. The average Bonchev–Trinajstić information content (AvgIpc) is 2.21. The van der Waals surface area contributed by atoms with Crippen molar-refractivity contribution < 1.29 is 9.53 Å². The molecule has 0 amide bonds. The van der Waals surface area contributed by atoms with Crippen LogP contribution >= 0.6 is 0 Å². The Morgan fingerprint density at radius 1 is 1.53 bits per heavy atom. The lowest BCUT2D eigenvalue weighted by Gasteiger charge is -2.41. The summed E-state index contributed by atoms with van der Waals surface area (Å²) >= 11 is 0. The Morgan fingerprint density at radius 3 is 2.47 bits per heavy atom. The molecule has 88 valence electrons. The third-order valence-electron chi connectivity index (χ3n) is 3.96. The van der Waals surface area contributed by atoms with Gasteiger partial charge in [-0.05, 0) is 31.1 Å². The number of carbonyl (C=O) groups excluding carboxylic acids is 1. The summed E-state index contributed by atoms with van der Waals surface area (Å²) in [6.45, 7) is 4.28. The van der Waals surface area contributed by atoms with E-state index in [-0.39, 0.29) is 17.4 Å². The van der Waals surface area contributed by atoms with E-state index in [1.165, 1.54) is 20.0 Å². The van der Waals surface area contributed by atoms with E-state index in [1.54, 1.807) is 0 Å². The smallest absolute Gasteiger partial charge is 0.306 e. The molecule has 3 nitrogen and oxygen atoms in total. The van der Waals surface area contributed by atoms with Crippen molar-refractivity contribution in [1.82, 2.24) is 0 Å². The van der Waals surface area contributed by atoms with Gasteiger partial charge in [0.1, 0.15) is 0 Å². The predicted molar refractivity (Wildman–Crippen MR) is 60.3 cm³/mol. The van der Waals surface area contributed by atoms with Crippen LogP contribution in [0.25, 0.3) is 0 Å². The number of carbonyl (C=O) groups is 1. The zero-order chi connectivity index (χ0) is 11.5. The fourth-order valence-electron chi connectivity index (χ4n) is 2.49. The summed E-state index contributed by atoms with van der Waals surface area (Å²) in [4.78, 5) is 11.4. The molecule has 1 unspecified atom stereocenters. The Hall–Kier alpha value is -0.570. The summed E-state index contributed by atoms with van der Waals surface area (Å²) < 4.78 is 4.76. The molecular weight excluding hydrogens is 190 g/mol. The lowest BCUT2D eigenvalue weighted by Crippen LogP contribution is -2.43. The molecule has 1 atom stereocenters. The van der Waals surface area contributed by atoms with Gasteiger partial charge in [-0.1, -0.05) is 19.8 Å². The molecule has 1 aliphatic rings. The van der Waals surface area contributed by atoms with Crippen LogP contribution < -0.4 is 5.73 Å². The van der Waals surface area contributed by atoms with Crippen LogP contribution in [0.15, 0.2) is 0 Å². The van der Waals surface area contributed by atoms with Gasteiger partial charge in [0.15, 0.2) is 0 Å². The van der Waals surface area contributed by atoms with E-state index in [1.807, 2.05) is 6.92 Å². The largest absolute Gasteiger partial charge is 0.469 e. The molecule has 0 heterocycles. The third kappa shape index (κ3) is 2.94. The quantitative estimate of drug-likeness (QED) is 0.730. The minimum absolute atomic E-state index is 0.0143. The molecule has 0 aromatic carbocycles. The molecule has 0 bridgehead atoms. The highest BCUT2D eigenvalue weighted by molar-refractivity contribution is 5.70. The van der Waals surface area contributed by atoms with Crippen molar-refractivity contribution in [2.75, 3.05) is 7.11 Å². The fraction of sp³-hybridized carbons (Fsp3) is 0.917. The minimum atomic E-state index is -0.123. The molecule has 2 N–H and O–H groups in total. The number of esters is 1. The predicted octanol–water partition coefficient (Wildman–Crippen LogP) is 2.09. The fourth-order valence-corrected chi connectivity index (χ4v) is 2.49. The molecule has 0 aromatic rings. The maximum Gasteiger partial charge on any atom is 0.306 e. The van der Waals surface area contributed by atoms with Gasteiger partial charge in [-0.15, -0.1) is 0 Å². The summed E-state index contributed by atoms with van der Waals surface area (Å²) in [5.74, 6) is 0.649. The highest BCUT2D eigenvalue weighted by atomic mass is 16.5. The Balaban J connectivity index is 2.67. The number of hydrogen-bond donors (Lipinski definition) is 1. The van der Waals surface area contributed by atoms with E-state index in [4.69, 9.17) is 10.5 Å². The first-order valence-electron chi connectivity index (χ1n) is 5.82. The maximum atomic E-state index is 11.4. The number of methoxy groups -OCH3 is 1. The Bertz CT molecular complexity index is 218. The van der Waals surface area contributed by atoms with E-state index in [0.717, 1.165) is 18.8 Å². The van der Waals surface area contributed by atoms with Gasteiger partial charge in [-0.3, -0.25) is 4.79 Å². The molecule has 1 aliphatic carbocycles.